The Hall–Kier alpha value is -1.02. The average molecular weight is 191 g/mol. The Bertz CT molecular complexity index is 294. The van der Waals surface area contributed by atoms with Gasteiger partial charge in [0.05, 0.1) is 6.26 Å². The van der Waals surface area contributed by atoms with Gasteiger partial charge in [0.2, 0.25) is 0 Å². The number of furan rings is 1. The minimum absolute atomic E-state index is 0.689. The molecule has 1 saturated heterocycles. The van der Waals surface area contributed by atoms with Crippen LogP contribution in [0.1, 0.15) is 25.5 Å². The van der Waals surface area contributed by atoms with Crippen LogP contribution >= 0.6 is 0 Å². The second kappa shape index (κ2) is 4.47. The first-order chi connectivity index (χ1) is 6.86. The van der Waals surface area contributed by atoms with Crippen molar-refractivity contribution < 1.29 is 4.42 Å². The predicted molar refractivity (Wildman–Crippen MR) is 58.0 cm³/mol. The molecule has 0 amide bonds. The summed E-state index contributed by atoms with van der Waals surface area (Å²) in [5.41, 5.74) is 1.42. The molecule has 1 aromatic heterocycles. The Labute approximate surface area is 85.0 Å². The van der Waals surface area contributed by atoms with E-state index in [1.807, 2.05) is 12.1 Å². The maximum absolute atomic E-state index is 5.30. The van der Waals surface area contributed by atoms with Gasteiger partial charge in [-0.3, -0.25) is 0 Å². The Kier molecular flexibility index (Phi) is 3.04. The fourth-order valence-corrected chi connectivity index (χ4v) is 1.96. The van der Waals surface area contributed by atoms with Crippen LogP contribution < -0.4 is 5.32 Å². The van der Waals surface area contributed by atoms with Crippen LogP contribution in [0.4, 0.5) is 0 Å². The summed E-state index contributed by atoms with van der Waals surface area (Å²) < 4.78 is 5.30. The minimum atomic E-state index is 0.689. The predicted octanol–water partition coefficient (Wildman–Crippen LogP) is 2.68. The molecule has 1 atom stereocenters. The first-order valence-electron chi connectivity index (χ1n) is 5.28. The van der Waals surface area contributed by atoms with Crippen molar-refractivity contribution in [3.8, 4) is 0 Å². The second-order valence-corrected chi connectivity index (χ2v) is 3.95. The van der Waals surface area contributed by atoms with E-state index in [9.17, 15) is 0 Å². The van der Waals surface area contributed by atoms with E-state index in [0.29, 0.717) is 5.92 Å². The first-order valence-corrected chi connectivity index (χ1v) is 5.28. The van der Waals surface area contributed by atoms with Gasteiger partial charge < -0.3 is 9.73 Å². The molecule has 1 unspecified atom stereocenters. The number of piperidine rings is 1. The number of hydrogen-bond acceptors (Lipinski definition) is 2. The van der Waals surface area contributed by atoms with Gasteiger partial charge in [0.25, 0.3) is 0 Å². The normalized spacial score (nSPS) is 23.8. The Balaban J connectivity index is 2.02. The summed E-state index contributed by atoms with van der Waals surface area (Å²) in [5, 5.41) is 3.42. The molecule has 1 N–H and O–H groups in total. The van der Waals surface area contributed by atoms with Gasteiger partial charge in [0.1, 0.15) is 5.76 Å². The van der Waals surface area contributed by atoms with Crippen molar-refractivity contribution in [2.45, 2.75) is 19.8 Å². The summed E-state index contributed by atoms with van der Waals surface area (Å²) in [6.07, 6.45) is 6.46. The molecule has 2 heteroatoms. The lowest BCUT2D eigenvalue weighted by Gasteiger charge is -2.23. The third kappa shape index (κ3) is 2.26. The first kappa shape index (κ1) is 9.53. The van der Waals surface area contributed by atoms with Crippen molar-refractivity contribution in [3.05, 3.63) is 29.7 Å². The summed E-state index contributed by atoms with van der Waals surface area (Å²) in [6.45, 7) is 4.48. The fourth-order valence-electron chi connectivity index (χ4n) is 1.96. The molecule has 0 aliphatic carbocycles. The number of hydrogen-bond donors (Lipinski definition) is 1. The number of nitrogens with one attached hydrogen (secondary N) is 1. The van der Waals surface area contributed by atoms with E-state index in [4.69, 9.17) is 4.42 Å². The molecule has 0 spiro atoms. The molecule has 76 valence electrons. The van der Waals surface area contributed by atoms with Gasteiger partial charge in [0, 0.05) is 6.54 Å². The third-order valence-electron chi connectivity index (χ3n) is 2.85. The van der Waals surface area contributed by atoms with E-state index < -0.39 is 0 Å². The summed E-state index contributed by atoms with van der Waals surface area (Å²) in [4.78, 5) is 0. The summed E-state index contributed by atoms with van der Waals surface area (Å²) in [7, 11) is 0. The number of rotatable bonds is 2. The molecule has 1 fully saturated rings. The van der Waals surface area contributed by atoms with Crippen LogP contribution in [0.15, 0.2) is 28.4 Å². The molecule has 2 heterocycles. The van der Waals surface area contributed by atoms with Crippen molar-refractivity contribution in [2.24, 2.45) is 5.92 Å². The SMILES string of the molecule is C/C(=C\c1ccco1)C1CCCNC1. The van der Waals surface area contributed by atoms with E-state index in [2.05, 4.69) is 18.3 Å². The van der Waals surface area contributed by atoms with E-state index in [-0.39, 0.29) is 0 Å². The molecule has 1 aromatic rings. The quantitative estimate of drug-likeness (QED) is 0.777. The Morgan fingerprint density at radius 2 is 2.57 bits per heavy atom. The Morgan fingerprint density at radius 1 is 1.64 bits per heavy atom. The van der Waals surface area contributed by atoms with Crippen LogP contribution in [0.2, 0.25) is 0 Å². The maximum Gasteiger partial charge on any atom is 0.126 e. The van der Waals surface area contributed by atoms with Gasteiger partial charge in [-0.15, -0.1) is 0 Å². The lowest BCUT2D eigenvalue weighted by Crippen LogP contribution is -2.30. The van der Waals surface area contributed by atoms with Crippen molar-refractivity contribution in [1.82, 2.24) is 5.32 Å². The van der Waals surface area contributed by atoms with E-state index in [1.165, 1.54) is 25.0 Å². The smallest absolute Gasteiger partial charge is 0.126 e. The van der Waals surface area contributed by atoms with Gasteiger partial charge in [-0.05, 0) is 50.4 Å². The van der Waals surface area contributed by atoms with Crippen molar-refractivity contribution >= 4 is 6.08 Å². The van der Waals surface area contributed by atoms with E-state index >= 15 is 0 Å². The molecule has 2 rings (SSSR count). The molecule has 1 aliphatic heterocycles. The third-order valence-corrected chi connectivity index (χ3v) is 2.85. The highest BCUT2D eigenvalue weighted by Gasteiger charge is 2.14. The highest BCUT2D eigenvalue weighted by atomic mass is 16.3. The molecule has 0 bridgehead atoms. The van der Waals surface area contributed by atoms with Crippen LogP contribution in [0.5, 0.6) is 0 Å². The van der Waals surface area contributed by atoms with E-state index in [0.717, 1.165) is 12.3 Å². The fraction of sp³-hybridized carbons (Fsp3) is 0.500. The van der Waals surface area contributed by atoms with Gasteiger partial charge in [-0.1, -0.05) is 5.57 Å². The van der Waals surface area contributed by atoms with Gasteiger partial charge >= 0.3 is 0 Å². The standard InChI is InChI=1S/C12H17NO/c1-10(8-12-5-3-7-14-12)11-4-2-6-13-9-11/h3,5,7-8,11,13H,2,4,6,9H2,1H3/b10-8+. The molecule has 1 aliphatic rings. The van der Waals surface area contributed by atoms with Crippen LogP contribution in [0, 0.1) is 5.92 Å². The molecule has 0 saturated carbocycles. The van der Waals surface area contributed by atoms with Crippen molar-refractivity contribution in [3.63, 3.8) is 0 Å². The molecular weight excluding hydrogens is 174 g/mol. The monoisotopic (exact) mass is 191 g/mol. The van der Waals surface area contributed by atoms with Crippen molar-refractivity contribution in [2.75, 3.05) is 13.1 Å². The van der Waals surface area contributed by atoms with Crippen LogP contribution in [0.3, 0.4) is 0 Å². The van der Waals surface area contributed by atoms with Gasteiger partial charge in [-0.25, -0.2) is 0 Å². The molecule has 2 nitrogen and oxygen atoms in total. The largest absolute Gasteiger partial charge is 0.465 e. The summed E-state index contributed by atoms with van der Waals surface area (Å²) in [6, 6.07) is 3.93. The zero-order chi connectivity index (χ0) is 9.80. The highest BCUT2D eigenvalue weighted by molar-refractivity contribution is 5.47. The van der Waals surface area contributed by atoms with Crippen LogP contribution in [0.25, 0.3) is 6.08 Å². The highest BCUT2D eigenvalue weighted by Crippen LogP contribution is 2.21. The molecular formula is C12H17NO. The van der Waals surface area contributed by atoms with Crippen LogP contribution in [-0.4, -0.2) is 13.1 Å². The minimum Gasteiger partial charge on any atom is -0.465 e. The van der Waals surface area contributed by atoms with Gasteiger partial charge in [-0.2, -0.15) is 0 Å². The zero-order valence-electron chi connectivity index (χ0n) is 8.62. The lowest BCUT2D eigenvalue weighted by molar-refractivity contribution is 0.423. The zero-order valence-corrected chi connectivity index (χ0v) is 8.62. The summed E-state index contributed by atoms with van der Waals surface area (Å²) >= 11 is 0. The molecule has 0 aromatic carbocycles. The second-order valence-electron chi connectivity index (χ2n) is 3.95. The average Bonchev–Trinajstić information content (AvgIpc) is 2.72. The van der Waals surface area contributed by atoms with Gasteiger partial charge in [0.15, 0.2) is 0 Å². The molecule has 14 heavy (non-hydrogen) atoms. The molecule has 0 radical (unpaired) electrons. The lowest BCUT2D eigenvalue weighted by atomic mass is 9.92. The summed E-state index contributed by atoms with van der Waals surface area (Å²) in [5.74, 6) is 1.65. The maximum atomic E-state index is 5.30. The topological polar surface area (TPSA) is 25.2 Å². The van der Waals surface area contributed by atoms with Crippen molar-refractivity contribution in [1.29, 1.82) is 0 Å². The Morgan fingerprint density at radius 3 is 3.21 bits per heavy atom. The van der Waals surface area contributed by atoms with E-state index in [1.54, 1.807) is 6.26 Å². The van der Waals surface area contributed by atoms with Crippen LogP contribution in [-0.2, 0) is 0 Å².